The van der Waals surface area contributed by atoms with Gasteiger partial charge in [0.05, 0.1) is 15.2 Å². The van der Waals surface area contributed by atoms with E-state index in [1.807, 2.05) is 18.2 Å². The van der Waals surface area contributed by atoms with Crippen LogP contribution in [0.25, 0.3) is 11.1 Å². The average Bonchev–Trinajstić information content (AvgIpc) is 2.87. The zero-order chi connectivity index (χ0) is 25.0. The highest BCUT2D eigenvalue weighted by atomic mass is 127. The minimum atomic E-state index is -4.38. The zero-order valence-electron chi connectivity index (χ0n) is 18.5. The van der Waals surface area contributed by atoms with Crippen molar-refractivity contribution >= 4 is 38.4 Å². The van der Waals surface area contributed by atoms with Crippen molar-refractivity contribution < 1.29 is 28.0 Å². The van der Waals surface area contributed by atoms with Gasteiger partial charge in [-0.1, -0.05) is 42.8 Å². The molecule has 1 unspecified atom stereocenters. The van der Waals surface area contributed by atoms with Crippen LogP contribution in [0.3, 0.4) is 0 Å². The SMILES string of the molecule is O=C(NO)c1ccc2c(c1)C(=O)C(CCCCc1cccc(-c3cccc(C(F)(F)F)c3)c1)I=N2. The third kappa shape index (κ3) is 6.02. The van der Waals surface area contributed by atoms with Gasteiger partial charge in [-0.15, -0.1) is 0 Å². The molecular formula is C26H22F3IN2O3. The molecule has 1 heterocycles. The molecule has 3 aromatic rings. The van der Waals surface area contributed by atoms with Crippen molar-refractivity contribution in [3.63, 3.8) is 0 Å². The molecule has 0 radical (unpaired) electrons. The van der Waals surface area contributed by atoms with Gasteiger partial charge >= 0.3 is 6.18 Å². The number of benzene rings is 3. The van der Waals surface area contributed by atoms with E-state index in [2.05, 4.69) is 3.15 Å². The van der Waals surface area contributed by atoms with E-state index in [0.717, 1.165) is 42.5 Å². The van der Waals surface area contributed by atoms with Gasteiger partial charge in [-0.25, -0.2) is 8.63 Å². The van der Waals surface area contributed by atoms with Crippen LogP contribution in [-0.4, -0.2) is 20.8 Å². The summed E-state index contributed by atoms with van der Waals surface area (Å²) >= 11 is -0.699. The molecule has 182 valence electrons. The maximum Gasteiger partial charge on any atom is 0.416 e. The predicted octanol–water partition coefficient (Wildman–Crippen LogP) is 7.26. The Labute approximate surface area is 210 Å². The normalized spacial score (nSPS) is 15.3. The molecule has 5 nitrogen and oxygen atoms in total. The number of fused-ring (bicyclic) bond motifs is 1. The van der Waals surface area contributed by atoms with E-state index in [0.29, 0.717) is 23.2 Å². The molecule has 0 saturated heterocycles. The Kier molecular flexibility index (Phi) is 7.75. The van der Waals surface area contributed by atoms with Crippen LogP contribution in [0.15, 0.2) is 69.9 Å². The van der Waals surface area contributed by atoms with Gasteiger partial charge in [-0.05, 0) is 66.3 Å². The van der Waals surface area contributed by atoms with E-state index in [-0.39, 0.29) is 15.3 Å². The second kappa shape index (κ2) is 10.8. The van der Waals surface area contributed by atoms with E-state index in [1.54, 1.807) is 23.7 Å². The van der Waals surface area contributed by atoms with Crippen molar-refractivity contribution in [3.05, 3.63) is 89.0 Å². The summed E-state index contributed by atoms with van der Waals surface area (Å²) in [4.78, 5) is 24.6. The van der Waals surface area contributed by atoms with E-state index in [4.69, 9.17) is 5.21 Å². The fraction of sp³-hybridized carbons (Fsp3) is 0.231. The van der Waals surface area contributed by atoms with Crippen LogP contribution < -0.4 is 5.48 Å². The standard InChI is InChI=1S/C26H22F3IN2O3/c27-26(28,29)20-9-4-8-18(14-20)17-7-3-6-16(13-17)5-1-2-10-22-24(33)21-15-19(25(34)32-35)11-12-23(21)31-30-22/h3-4,6-9,11-15,22,35H,1-2,5,10H2,(H,32,34). The topological polar surface area (TPSA) is 78.8 Å². The van der Waals surface area contributed by atoms with Crippen molar-refractivity contribution in [2.24, 2.45) is 3.15 Å². The monoisotopic (exact) mass is 594 g/mol. The number of carbonyl (C=O) groups excluding carboxylic acids is 2. The van der Waals surface area contributed by atoms with Gasteiger partial charge in [0.25, 0.3) is 5.91 Å². The van der Waals surface area contributed by atoms with E-state index < -0.39 is 38.7 Å². The Morgan fingerprint density at radius 1 is 1.00 bits per heavy atom. The lowest BCUT2D eigenvalue weighted by atomic mass is 9.97. The second-order valence-corrected chi connectivity index (χ2v) is 10.8. The number of rotatable bonds is 7. The first kappa shape index (κ1) is 25.2. The molecule has 1 aliphatic heterocycles. The fourth-order valence-corrected chi connectivity index (χ4v) is 6.32. The number of alkyl halides is 4. The van der Waals surface area contributed by atoms with Crippen LogP contribution in [0.5, 0.6) is 0 Å². The van der Waals surface area contributed by atoms with E-state index in [9.17, 15) is 22.8 Å². The summed E-state index contributed by atoms with van der Waals surface area (Å²) in [6.07, 6.45) is -1.29. The number of amides is 1. The van der Waals surface area contributed by atoms with Crippen molar-refractivity contribution in [1.29, 1.82) is 0 Å². The number of Topliss-reactive ketones (excluding diaryl/α,β-unsaturated/α-hetero) is 1. The number of hydrogen-bond donors (Lipinski definition) is 2. The summed E-state index contributed by atoms with van der Waals surface area (Å²) < 4.78 is 43.6. The molecule has 0 spiro atoms. The lowest BCUT2D eigenvalue weighted by molar-refractivity contribution is -0.137. The number of ketones is 1. The van der Waals surface area contributed by atoms with Crippen LogP contribution in [0.2, 0.25) is 0 Å². The smallest absolute Gasteiger partial charge is 0.293 e. The van der Waals surface area contributed by atoms with Gasteiger partial charge in [0.15, 0.2) is 5.78 Å². The number of hydrogen-bond acceptors (Lipinski definition) is 4. The first-order valence-corrected chi connectivity index (χ1v) is 13.2. The van der Waals surface area contributed by atoms with Crippen LogP contribution in [0, 0.1) is 0 Å². The lowest BCUT2D eigenvalue weighted by Crippen LogP contribution is -2.21. The molecule has 0 fully saturated rings. The molecule has 4 rings (SSSR count). The molecule has 35 heavy (non-hydrogen) atoms. The largest absolute Gasteiger partial charge is 0.416 e. The van der Waals surface area contributed by atoms with Crippen molar-refractivity contribution in [2.45, 2.75) is 35.8 Å². The Morgan fingerprint density at radius 3 is 2.49 bits per heavy atom. The van der Waals surface area contributed by atoms with Crippen molar-refractivity contribution in [1.82, 2.24) is 5.48 Å². The van der Waals surface area contributed by atoms with Gasteiger partial charge in [0.2, 0.25) is 0 Å². The van der Waals surface area contributed by atoms with Gasteiger partial charge in [-0.3, -0.25) is 14.8 Å². The van der Waals surface area contributed by atoms with Gasteiger partial charge in [0.1, 0.15) is 0 Å². The average molecular weight is 594 g/mol. The molecule has 0 aromatic heterocycles. The summed E-state index contributed by atoms with van der Waals surface area (Å²) in [7, 11) is 0. The van der Waals surface area contributed by atoms with Crippen LogP contribution in [0.1, 0.15) is 51.1 Å². The Bertz CT molecular complexity index is 1290. The molecule has 2 N–H and O–H groups in total. The molecule has 9 heteroatoms. The van der Waals surface area contributed by atoms with Crippen LogP contribution in [0.4, 0.5) is 18.9 Å². The van der Waals surface area contributed by atoms with Crippen molar-refractivity contribution in [2.75, 3.05) is 0 Å². The summed E-state index contributed by atoms with van der Waals surface area (Å²) in [6.45, 7) is 0. The summed E-state index contributed by atoms with van der Waals surface area (Å²) in [6, 6.07) is 17.4. The Morgan fingerprint density at radius 2 is 1.74 bits per heavy atom. The Balaban J connectivity index is 1.36. The first-order chi connectivity index (χ1) is 16.8. The number of unbranched alkanes of at least 4 members (excludes halogenated alkanes) is 1. The second-order valence-electron chi connectivity index (χ2n) is 8.21. The minimum absolute atomic E-state index is 0.0121. The molecule has 3 aromatic carbocycles. The molecule has 0 saturated carbocycles. The fourth-order valence-electron chi connectivity index (χ4n) is 3.95. The Hall–Kier alpha value is -2.92. The molecular weight excluding hydrogens is 572 g/mol. The maximum absolute atomic E-state index is 13.0. The highest BCUT2D eigenvalue weighted by molar-refractivity contribution is 14.2. The highest BCUT2D eigenvalue weighted by Crippen LogP contribution is 2.37. The van der Waals surface area contributed by atoms with E-state index >= 15 is 0 Å². The molecule has 0 bridgehead atoms. The van der Waals surface area contributed by atoms with Gasteiger partial charge < -0.3 is 0 Å². The summed E-state index contributed by atoms with van der Waals surface area (Å²) in [5.74, 6) is -0.688. The quantitative estimate of drug-likeness (QED) is 0.0995. The lowest BCUT2D eigenvalue weighted by Gasteiger charge is -2.17. The highest BCUT2D eigenvalue weighted by Gasteiger charge is 2.30. The van der Waals surface area contributed by atoms with Crippen LogP contribution in [-0.2, 0) is 12.6 Å². The first-order valence-electron chi connectivity index (χ1n) is 11.0. The van der Waals surface area contributed by atoms with Gasteiger partial charge in [-0.2, -0.15) is 13.2 Å². The number of hydroxylamine groups is 1. The summed E-state index contributed by atoms with van der Waals surface area (Å²) in [5, 5.41) is 8.83. The number of nitrogens with zero attached hydrogens (tertiary/aromatic N) is 1. The summed E-state index contributed by atoms with van der Waals surface area (Å²) in [5.41, 5.74) is 4.40. The molecule has 1 amide bonds. The number of aryl methyl sites for hydroxylation is 1. The number of halogens is 4. The minimum Gasteiger partial charge on any atom is -0.293 e. The third-order valence-corrected chi connectivity index (χ3v) is 8.45. The number of carbonyl (C=O) groups is 2. The zero-order valence-corrected chi connectivity index (χ0v) is 20.6. The van der Waals surface area contributed by atoms with Gasteiger partial charge in [0, 0.05) is 32.2 Å². The molecule has 0 aliphatic carbocycles. The van der Waals surface area contributed by atoms with Crippen LogP contribution >= 0.6 is 21.0 Å². The van der Waals surface area contributed by atoms with E-state index in [1.165, 1.54) is 18.2 Å². The number of nitrogens with one attached hydrogen (secondary N) is 1. The molecule has 1 aliphatic rings. The molecule has 1 atom stereocenters. The van der Waals surface area contributed by atoms with Crippen molar-refractivity contribution in [3.8, 4) is 11.1 Å². The maximum atomic E-state index is 13.0. The third-order valence-electron chi connectivity index (χ3n) is 5.79. The predicted molar refractivity (Wildman–Crippen MR) is 134 cm³/mol.